The van der Waals surface area contributed by atoms with Crippen LogP contribution in [0.2, 0.25) is 0 Å². The minimum atomic E-state index is -0.623. The number of Topliss-reactive ketones (excluding diaryl/α,β-unsaturated/α-hetero) is 1. The Morgan fingerprint density at radius 2 is 1.81 bits per heavy atom. The van der Waals surface area contributed by atoms with E-state index in [-0.39, 0.29) is 34.9 Å². The van der Waals surface area contributed by atoms with Gasteiger partial charge in [-0.3, -0.25) is 9.59 Å². The Balaban J connectivity index is 1.86. The lowest BCUT2D eigenvalue weighted by Gasteiger charge is -2.62. The SMILES string of the molecule is Cc1cc(=O)c2c(o1)O[C@]1(C)CC[C@@H]3C(C)(C)[C@H](O)CC(=O)[C@@]3(C)[C@H]1C2. The van der Waals surface area contributed by atoms with Gasteiger partial charge in [0.05, 0.1) is 11.7 Å². The van der Waals surface area contributed by atoms with Crippen LogP contribution in [0.3, 0.4) is 0 Å². The molecule has 5 atom stereocenters. The number of hydrogen-bond acceptors (Lipinski definition) is 5. The number of aliphatic hydroxyl groups is 1. The first-order chi connectivity index (χ1) is 12.0. The molecule has 0 amide bonds. The Kier molecular flexibility index (Phi) is 3.57. The summed E-state index contributed by atoms with van der Waals surface area (Å²) in [7, 11) is 0. The average Bonchev–Trinajstić information content (AvgIpc) is 2.51. The lowest BCUT2D eigenvalue weighted by molar-refractivity contribution is -0.197. The van der Waals surface area contributed by atoms with Crippen molar-refractivity contribution in [1.29, 1.82) is 0 Å². The summed E-state index contributed by atoms with van der Waals surface area (Å²) in [6, 6.07) is 1.49. The van der Waals surface area contributed by atoms with Crippen molar-refractivity contribution in [2.24, 2.45) is 22.7 Å². The van der Waals surface area contributed by atoms with Gasteiger partial charge in [0, 0.05) is 23.8 Å². The van der Waals surface area contributed by atoms with Crippen molar-refractivity contribution in [1.82, 2.24) is 0 Å². The zero-order valence-corrected chi connectivity index (χ0v) is 16.2. The molecule has 1 aromatic heterocycles. The number of fused-ring (bicyclic) bond motifs is 4. The molecule has 0 radical (unpaired) electrons. The van der Waals surface area contributed by atoms with Crippen molar-refractivity contribution in [3.63, 3.8) is 0 Å². The summed E-state index contributed by atoms with van der Waals surface area (Å²) in [5, 5.41) is 10.5. The highest BCUT2D eigenvalue weighted by molar-refractivity contribution is 5.87. The second-order valence-corrected chi connectivity index (χ2v) is 9.50. The molecular formula is C21H28O5. The van der Waals surface area contributed by atoms with E-state index in [0.717, 1.165) is 12.8 Å². The highest BCUT2D eigenvalue weighted by atomic mass is 16.6. The fraction of sp³-hybridized carbons (Fsp3) is 0.714. The summed E-state index contributed by atoms with van der Waals surface area (Å²) in [5.74, 6) is 0.902. The van der Waals surface area contributed by atoms with E-state index >= 15 is 0 Å². The minimum absolute atomic E-state index is 0.0620. The van der Waals surface area contributed by atoms with Gasteiger partial charge in [0.15, 0.2) is 5.43 Å². The van der Waals surface area contributed by atoms with Gasteiger partial charge < -0.3 is 14.3 Å². The lowest BCUT2D eigenvalue weighted by atomic mass is 9.43. The van der Waals surface area contributed by atoms with Crippen LogP contribution < -0.4 is 10.2 Å². The maximum Gasteiger partial charge on any atom is 0.292 e. The number of aryl methyl sites for hydroxylation is 1. The third kappa shape index (κ3) is 2.13. The Morgan fingerprint density at radius 1 is 1.12 bits per heavy atom. The van der Waals surface area contributed by atoms with Crippen LogP contribution in [-0.4, -0.2) is 22.6 Å². The average molecular weight is 360 g/mol. The molecule has 0 spiro atoms. The number of carbonyl (C=O) groups excluding carboxylic acids is 1. The minimum Gasteiger partial charge on any atom is -0.458 e. The van der Waals surface area contributed by atoms with Gasteiger partial charge in [0.2, 0.25) is 0 Å². The Labute approximate surface area is 153 Å². The highest BCUT2D eigenvalue weighted by Gasteiger charge is 2.66. The van der Waals surface area contributed by atoms with Gasteiger partial charge in [-0.1, -0.05) is 20.8 Å². The molecule has 5 heteroatoms. The number of rotatable bonds is 0. The predicted molar refractivity (Wildman–Crippen MR) is 96.2 cm³/mol. The molecule has 26 heavy (non-hydrogen) atoms. The Hall–Kier alpha value is -1.62. The van der Waals surface area contributed by atoms with E-state index in [4.69, 9.17) is 9.15 Å². The summed E-state index contributed by atoms with van der Waals surface area (Å²) >= 11 is 0. The van der Waals surface area contributed by atoms with Crippen LogP contribution in [0.4, 0.5) is 0 Å². The monoisotopic (exact) mass is 360 g/mol. The van der Waals surface area contributed by atoms with Gasteiger partial charge in [-0.2, -0.15) is 0 Å². The predicted octanol–water partition coefficient (Wildman–Crippen LogP) is 3.03. The fourth-order valence-corrected chi connectivity index (χ4v) is 6.05. The zero-order chi connectivity index (χ0) is 19.1. The van der Waals surface area contributed by atoms with E-state index in [9.17, 15) is 14.7 Å². The maximum absolute atomic E-state index is 13.2. The third-order valence-corrected chi connectivity index (χ3v) is 7.72. The van der Waals surface area contributed by atoms with Gasteiger partial charge >= 0.3 is 0 Å². The van der Waals surface area contributed by atoms with Crippen LogP contribution in [0.5, 0.6) is 5.95 Å². The first-order valence-electron chi connectivity index (χ1n) is 9.54. The summed E-state index contributed by atoms with van der Waals surface area (Å²) in [5.41, 5.74) is -1.06. The zero-order valence-electron chi connectivity index (χ0n) is 16.2. The molecular weight excluding hydrogens is 332 g/mol. The Morgan fingerprint density at radius 3 is 2.50 bits per heavy atom. The number of carbonyl (C=O) groups is 1. The van der Waals surface area contributed by atoms with Crippen molar-refractivity contribution >= 4 is 5.78 Å². The summed E-state index contributed by atoms with van der Waals surface area (Å²) in [6.45, 7) is 9.93. The van der Waals surface area contributed by atoms with Crippen LogP contribution in [0.15, 0.2) is 15.3 Å². The number of ether oxygens (including phenoxy) is 1. The van der Waals surface area contributed by atoms with E-state index in [1.165, 1.54) is 6.07 Å². The smallest absolute Gasteiger partial charge is 0.292 e. The molecule has 0 aromatic carbocycles. The summed E-state index contributed by atoms with van der Waals surface area (Å²) in [6.07, 6.45) is 1.62. The van der Waals surface area contributed by atoms with Crippen molar-refractivity contribution < 1.29 is 19.1 Å². The number of aliphatic hydroxyl groups excluding tert-OH is 1. The largest absolute Gasteiger partial charge is 0.458 e. The summed E-state index contributed by atoms with van der Waals surface area (Å²) in [4.78, 5) is 25.7. The van der Waals surface area contributed by atoms with E-state index < -0.39 is 17.1 Å². The lowest BCUT2D eigenvalue weighted by Crippen LogP contribution is -2.67. The van der Waals surface area contributed by atoms with Crippen molar-refractivity contribution in [3.8, 4) is 5.95 Å². The Bertz CT molecular complexity index is 837. The van der Waals surface area contributed by atoms with Crippen LogP contribution in [0.25, 0.3) is 0 Å². The van der Waals surface area contributed by atoms with Crippen LogP contribution in [0, 0.1) is 29.6 Å². The van der Waals surface area contributed by atoms with Crippen molar-refractivity contribution in [2.75, 3.05) is 0 Å². The van der Waals surface area contributed by atoms with Gasteiger partial charge in [0.25, 0.3) is 5.95 Å². The first kappa shape index (κ1) is 17.8. The van der Waals surface area contributed by atoms with Crippen LogP contribution in [0.1, 0.15) is 58.3 Å². The molecule has 1 aromatic rings. The van der Waals surface area contributed by atoms with E-state index in [2.05, 4.69) is 13.8 Å². The van der Waals surface area contributed by atoms with Gasteiger partial charge in [0.1, 0.15) is 17.1 Å². The molecule has 3 aliphatic rings. The molecule has 0 unspecified atom stereocenters. The molecule has 5 nitrogen and oxygen atoms in total. The molecule has 142 valence electrons. The third-order valence-electron chi connectivity index (χ3n) is 7.72. The maximum atomic E-state index is 13.2. The van der Waals surface area contributed by atoms with Crippen molar-refractivity contribution in [2.45, 2.75) is 72.0 Å². The molecule has 1 aliphatic heterocycles. The van der Waals surface area contributed by atoms with E-state index in [1.54, 1.807) is 6.92 Å². The second kappa shape index (κ2) is 5.22. The van der Waals surface area contributed by atoms with Gasteiger partial charge in [-0.25, -0.2) is 0 Å². The van der Waals surface area contributed by atoms with Gasteiger partial charge in [-0.05, 0) is 44.4 Å². The molecule has 0 bridgehead atoms. The topological polar surface area (TPSA) is 76.7 Å². The van der Waals surface area contributed by atoms with E-state index in [0.29, 0.717) is 23.7 Å². The fourth-order valence-electron chi connectivity index (χ4n) is 6.05. The quantitative estimate of drug-likeness (QED) is 0.769. The van der Waals surface area contributed by atoms with Gasteiger partial charge in [-0.15, -0.1) is 0 Å². The molecule has 2 heterocycles. The second-order valence-electron chi connectivity index (χ2n) is 9.50. The number of ketones is 1. The molecule has 1 N–H and O–H groups in total. The van der Waals surface area contributed by atoms with Crippen LogP contribution in [-0.2, 0) is 11.2 Å². The molecule has 4 rings (SSSR count). The molecule has 2 fully saturated rings. The van der Waals surface area contributed by atoms with E-state index in [1.807, 2.05) is 13.8 Å². The summed E-state index contributed by atoms with van der Waals surface area (Å²) < 4.78 is 12.0. The molecule has 2 aliphatic carbocycles. The molecule has 0 saturated heterocycles. The normalized spacial score (nSPS) is 40.8. The first-order valence-corrected chi connectivity index (χ1v) is 9.54. The highest BCUT2D eigenvalue weighted by Crippen LogP contribution is 2.63. The standard InChI is InChI=1S/C21H28O5/c1-11-8-13(22)12-9-15-20(4,26-18(12)25-11)7-6-14-19(2,3)16(23)10-17(24)21(14,15)5/h8,14-16,23H,6-7,9-10H2,1-5H3/t14-,15+,16-,20-,21-/m1/s1. The number of hydrogen-bond donors (Lipinski definition) is 1. The van der Waals surface area contributed by atoms with Crippen LogP contribution >= 0.6 is 0 Å². The molecule has 2 saturated carbocycles. The van der Waals surface area contributed by atoms with Crippen molar-refractivity contribution in [3.05, 3.63) is 27.6 Å².